The Morgan fingerprint density at radius 3 is 1.13 bits per heavy atom. The van der Waals surface area contributed by atoms with E-state index in [9.17, 15) is 0 Å². The van der Waals surface area contributed by atoms with E-state index in [4.69, 9.17) is 9.15 Å². The average molecular weight is 1260 g/mol. The number of hydrogen-bond donors (Lipinski definition) is 0. The van der Waals surface area contributed by atoms with E-state index in [2.05, 4.69) is 162 Å². The Balaban J connectivity index is 0.000000514. The molecule has 10 aromatic carbocycles. The molecule has 0 unspecified atom stereocenters. The number of aromatic nitrogens is 2. The molecular formula is C86H106N2O2S2. The molecule has 0 atom stereocenters. The number of rotatable bonds is 0. The number of ether oxygens (including phenoxy) is 1. The average Bonchev–Trinajstić information content (AvgIpc) is 1.68. The van der Waals surface area contributed by atoms with Crippen LogP contribution in [0.5, 0.6) is 5.75 Å². The SMILES string of the molecule is CC.CC.CC.CC.CC.CC.CC.CC.c1ccc2c(c1)CCO2.c1ccc2c(c1)CCS2.c1ccc2c(c1)oc1ccccc12.c1ccc2c(c1)sc1ccccc12.c1ccc2ccccc2c1.c1ccc2ncccc2c1.c1ccccc1.c1ccncc1. The predicted molar refractivity (Wildman–Crippen MR) is 417 cm³/mol. The number of fused-ring (bicyclic) bond motifs is 10. The fraction of sp³-hybridized carbons (Fsp3) is 0.233. The van der Waals surface area contributed by atoms with Crippen LogP contribution in [-0.4, -0.2) is 22.3 Å². The first-order chi connectivity index (χ1) is 45.8. The van der Waals surface area contributed by atoms with Crippen molar-refractivity contribution >= 4 is 86.9 Å². The van der Waals surface area contributed by atoms with Gasteiger partial charge >= 0.3 is 0 Å². The largest absolute Gasteiger partial charge is 0.493 e. The van der Waals surface area contributed by atoms with Crippen molar-refractivity contribution in [3.8, 4) is 5.75 Å². The van der Waals surface area contributed by atoms with E-state index in [1.165, 1.54) is 75.3 Å². The van der Waals surface area contributed by atoms with Crippen molar-refractivity contribution in [1.82, 2.24) is 9.97 Å². The highest BCUT2D eigenvalue weighted by molar-refractivity contribution is 7.99. The lowest BCUT2D eigenvalue weighted by Crippen LogP contribution is -1.85. The molecule has 14 aromatic rings. The number of furan rings is 1. The summed E-state index contributed by atoms with van der Waals surface area (Å²) in [5, 5.41) is 8.96. The zero-order chi connectivity index (χ0) is 67.7. The maximum Gasteiger partial charge on any atom is 0.135 e. The molecule has 2 aliphatic rings. The van der Waals surface area contributed by atoms with E-state index in [0.29, 0.717) is 0 Å². The highest BCUT2D eigenvalue weighted by Gasteiger charge is 2.09. The lowest BCUT2D eigenvalue weighted by Gasteiger charge is -1.93. The third-order valence-corrected chi connectivity index (χ3v) is 14.4. The topological polar surface area (TPSA) is 48.2 Å². The molecule has 4 nitrogen and oxygen atoms in total. The van der Waals surface area contributed by atoms with Crippen molar-refractivity contribution in [3.05, 3.63) is 315 Å². The number of para-hydroxylation sites is 4. The molecule has 16 rings (SSSR count). The van der Waals surface area contributed by atoms with Crippen LogP contribution >= 0.6 is 23.1 Å². The van der Waals surface area contributed by atoms with Gasteiger partial charge in [0.1, 0.15) is 16.9 Å². The molecule has 484 valence electrons. The van der Waals surface area contributed by atoms with Crippen LogP contribution < -0.4 is 4.74 Å². The van der Waals surface area contributed by atoms with Gasteiger partial charge in [-0.3, -0.25) is 9.97 Å². The summed E-state index contributed by atoms with van der Waals surface area (Å²) in [7, 11) is 0. The summed E-state index contributed by atoms with van der Waals surface area (Å²) in [6.45, 7) is 32.9. The number of thioether (sulfide) groups is 1. The van der Waals surface area contributed by atoms with Gasteiger partial charge in [-0.05, 0) is 89.0 Å². The third-order valence-electron chi connectivity index (χ3n) is 12.2. The second-order valence-electron chi connectivity index (χ2n) is 17.3. The lowest BCUT2D eigenvalue weighted by molar-refractivity contribution is 0.357. The maximum absolute atomic E-state index is 5.65. The van der Waals surface area contributed by atoms with Gasteiger partial charge in [0, 0.05) is 72.0 Å². The molecule has 0 bridgehead atoms. The van der Waals surface area contributed by atoms with E-state index >= 15 is 0 Å². The Morgan fingerprint density at radius 1 is 0.304 bits per heavy atom. The monoisotopic (exact) mass is 1260 g/mol. The van der Waals surface area contributed by atoms with Gasteiger partial charge in [-0.15, -0.1) is 23.1 Å². The van der Waals surface area contributed by atoms with Gasteiger partial charge in [0.2, 0.25) is 0 Å². The van der Waals surface area contributed by atoms with Gasteiger partial charge in [-0.25, -0.2) is 0 Å². The second-order valence-corrected chi connectivity index (χ2v) is 19.5. The van der Waals surface area contributed by atoms with Gasteiger partial charge in [-0.2, -0.15) is 0 Å². The molecule has 0 fully saturated rings. The van der Waals surface area contributed by atoms with Crippen molar-refractivity contribution in [1.29, 1.82) is 0 Å². The van der Waals surface area contributed by atoms with Gasteiger partial charge in [0.15, 0.2) is 0 Å². The molecule has 2 aliphatic heterocycles. The Kier molecular flexibility index (Phi) is 48.6. The fourth-order valence-corrected chi connectivity index (χ4v) is 10.6. The van der Waals surface area contributed by atoms with Gasteiger partial charge in [0.25, 0.3) is 0 Å². The molecule has 0 amide bonds. The number of pyridine rings is 2. The minimum Gasteiger partial charge on any atom is -0.493 e. The molecule has 4 aromatic heterocycles. The fourth-order valence-electron chi connectivity index (χ4n) is 8.44. The first-order valence-electron chi connectivity index (χ1n) is 33.5. The molecule has 0 N–H and O–H groups in total. The third kappa shape index (κ3) is 29.4. The Labute approximate surface area is 563 Å². The summed E-state index contributed by atoms with van der Waals surface area (Å²) >= 11 is 3.83. The quantitative estimate of drug-likeness (QED) is 0.151. The molecule has 92 heavy (non-hydrogen) atoms. The molecule has 0 aliphatic carbocycles. The molecule has 6 heteroatoms. The van der Waals surface area contributed by atoms with Crippen LogP contribution in [0.2, 0.25) is 0 Å². The van der Waals surface area contributed by atoms with E-state index in [1.54, 1.807) is 12.4 Å². The van der Waals surface area contributed by atoms with Crippen LogP contribution in [0.4, 0.5) is 0 Å². The number of thiophene rings is 1. The Hall–Kier alpha value is -8.81. The van der Waals surface area contributed by atoms with E-state index in [1.807, 2.05) is 274 Å². The lowest BCUT2D eigenvalue weighted by atomic mass is 10.1. The standard InChI is InChI=1S/C12H8O.C12H8S.C10H8.C9H7N.C8H8O.C8H8S.C6H6.C5H5N.8C2H6/c2*1-3-7-11-9(5-1)10-6-2-4-8-12(10)13-11;1-2-6-10-8-4-3-7-9(10)5-1;1-2-6-9-8(4-1)5-3-7-10-9;2*1-2-4-8-7(3-1)5-6-9-8;2*1-2-4-6-5-3-1;8*1-2/h2*1-8H;1-8H;1-7H;2*1-4H,5-6H2;1-6H;1-5H;8*1-2H3. The summed E-state index contributed by atoms with van der Waals surface area (Å²) in [5.41, 5.74) is 5.86. The predicted octanol–water partition coefficient (Wildman–Crippen LogP) is 27.6. The Morgan fingerprint density at radius 2 is 0.685 bits per heavy atom. The van der Waals surface area contributed by atoms with Gasteiger partial charge in [-0.1, -0.05) is 335 Å². The van der Waals surface area contributed by atoms with Crippen LogP contribution in [-0.2, 0) is 12.8 Å². The molecule has 0 spiro atoms. The summed E-state index contributed by atoms with van der Waals surface area (Å²) in [4.78, 5) is 9.45. The van der Waals surface area contributed by atoms with E-state index in [0.717, 1.165) is 35.5 Å². The molecule has 0 saturated carbocycles. The van der Waals surface area contributed by atoms with Crippen LogP contribution in [0.1, 0.15) is 122 Å². The summed E-state index contributed by atoms with van der Waals surface area (Å²) < 4.78 is 13.7. The summed E-state index contributed by atoms with van der Waals surface area (Å²) in [6, 6.07) is 96.7. The number of hydrogen-bond acceptors (Lipinski definition) is 6. The van der Waals surface area contributed by atoms with E-state index < -0.39 is 0 Å². The van der Waals surface area contributed by atoms with E-state index in [-0.39, 0.29) is 0 Å². The highest BCUT2D eigenvalue weighted by atomic mass is 32.2. The highest BCUT2D eigenvalue weighted by Crippen LogP contribution is 2.33. The number of benzene rings is 10. The zero-order valence-corrected chi connectivity index (χ0v) is 59.9. The second kappa shape index (κ2) is 55.1. The molecule has 0 radical (unpaired) electrons. The number of nitrogens with zero attached hydrogens (tertiary/aromatic N) is 2. The molecule has 0 saturated heterocycles. The van der Waals surface area contributed by atoms with Crippen molar-refractivity contribution in [3.63, 3.8) is 0 Å². The van der Waals surface area contributed by atoms with Crippen LogP contribution in [0.25, 0.3) is 63.8 Å². The van der Waals surface area contributed by atoms with Crippen LogP contribution in [0, 0.1) is 0 Å². The van der Waals surface area contributed by atoms with Gasteiger partial charge < -0.3 is 9.15 Å². The first kappa shape index (κ1) is 81.2. The first-order valence-corrected chi connectivity index (χ1v) is 35.3. The maximum atomic E-state index is 5.65. The van der Waals surface area contributed by atoms with Crippen molar-refractivity contribution in [2.24, 2.45) is 0 Å². The zero-order valence-electron chi connectivity index (χ0n) is 58.2. The summed E-state index contributed by atoms with van der Waals surface area (Å²) in [6.07, 6.45) is 7.65. The minimum atomic E-state index is 0.860. The van der Waals surface area contributed by atoms with Crippen LogP contribution in [0.3, 0.4) is 0 Å². The number of aryl methyl sites for hydroxylation is 1. The van der Waals surface area contributed by atoms with Crippen molar-refractivity contribution in [2.75, 3.05) is 12.4 Å². The summed E-state index contributed by atoms with van der Waals surface area (Å²) in [5.74, 6) is 2.34. The minimum absolute atomic E-state index is 0.860. The molecule has 6 heterocycles. The van der Waals surface area contributed by atoms with Crippen molar-refractivity contribution in [2.45, 2.75) is 129 Å². The molecular weight excluding hydrogens is 1160 g/mol. The van der Waals surface area contributed by atoms with Crippen molar-refractivity contribution < 1.29 is 9.15 Å². The normalized spacial score (nSPS) is 9.83. The Bertz CT molecular complexity index is 3340. The smallest absolute Gasteiger partial charge is 0.135 e. The van der Waals surface area contributed by atoms with Crippen LogP contribution in [0.15, 0.2) is 313 Å². The van der Waals surface area contributed by atoms with Gasteiger partial charge in [0.05, 0.1) is 12.1 Å².